The molecule has 0 aromatic heterocycles. The molecule has 0 atom stereocenters. The van der Waals surface area contributed by atoms with E-state index in [-0.39, 0.29) is 25.0 Å². The first kappa shape index (κ1) is 17.8. The van der Waals surface area contributed by atoms with Gasteiger partial charge in [0, 0.05) is 10.2 Å². The summed E-state index contributed by atoms with van der Waals surface area (Å²) >= 11 is 3.32. The van der Waals surface area contributed by atoms with E-state index in [1.807, 2.05) is 6.07 Å². The summed E-state index contributed by atoms with van der Waals surface area (Å²) in [4.78, 5) is 23.5. The quantitative estimate of drug-likeness (QED) is 0.758. The number of amides is 2. The van der Waals surface area contributed by atoms with Crippen molar-refractivity contribution in [2.45, 2.75) is 0 Å². The zero-order valence-corrected chi connectivity index (χ0v) is 14.6. The lowest BCUT2D eigenvalue weighted by Gasteiger charge is -2.09. The highest BCUT2D eigenvalue weighted by Gasteiger charge is 2.07. The smallest absolute Gasteiger partial charge is 0.258 e. The van der Waals surface area contributed by atoms with Crippen LogP contribution in [0.5, 0.6) is 11.5 Å². The Morgan fingerprint density at radius 3 is 2.42 bits per heavy atom. The maximum Gasteiger partial charge on any atom is 0.258 e. The van der Waals surface area contributed by atoms with Crippen LogP contribution < -0.4 is 20.1 Å². The van der Waals surface area contributed by atoms with E-state index in [2.05, 4.69) is 26.6 Å². The van der Waals surface area contributed by atoms with Crippen molar-refractivity contribution in [3.63, 3.8) is 0 Å². The van der Waals surface area contributed by atoms with Crippen LogP contribution in [0.4, 0.5) is 5.69 Å². The molecule has 24 heavy (non-hydrogen) atoms. The lowest BCUT2D eigenvalue weighted by atomic mass is 10.3. The standard InChI is InChI=1S/C17H17BrN2O4/c1-23-14-5-7-15(8-6-14)24-11-17(22)19-10-16(21)20-13-4-2-3-12(18)9-13/h2-9H,10-11H2,1H3,(H,19,22)(H,20,21). The van der Waals surface area contributed by atoms with Crippen molar-refractivity contribution in [3.8, 4) is 11.5 Å². The van der Waals surface area contributed by atoms with Gasteiger partial charge in [-0.3, -0.25) is 9.59 Å². The number of carbonyl (C=O) groups excluding carboxylic acids is 2. The van der Waals surface area contributed by atoms with Crippen LogP contribution in [0.2, 0.25) is 0 Å². The number of ether oxygens (including phenoxy) is 2. The van der Waals surface area contributed by atoms with Gasteiger partial charge in [0.05, 0.1) is 13.7 Å². The topological polar surface area (TPSA) is 76.7 Å². The monoisotopic (exact) mass is 392 g/mol. The van der Waals surface area contributed by atoms with E-state index in [4.69, 9.17) is 9.47 Å². The fraction of sp³-hybridized carbons (Fsp3) is 0.176. The first-order chi connectivity index (χ1) is 11.6. The summed E-state index contributed by atoms with van der Waals surface area (Å²) in [5.74, 6) is 0.557. The molecule has 2 amide bonds. The lowest BCUT2D eigenvalue weighted by molar-refractivity contribution is -0.125. The maximum absolute atomic E-state index is 11.8. The predicted molar refractivity (Wildman–Crippen MR) is 94.3 cm³/mol. The van der Waals surface area contributed by atoms with Gasteiger partial charge in [-0.05, 0) is 42.5 Å². The van der Waals surface area contributed by atoms with Crippen molar-refractivity contribution in [1.82, 2.24) is 5.32 Å². The molecule has 6 nitrogen and oxygen atoms in total. The van der Waals surface area contributed by atoms with Crippen molar-refractivity contribution < 1.29 is 19.1 Å². The van der Waals surface area contributed by atoms with Crippen molar-refractivity contribution in [1.29, 1.82) is 0 Å². The minimum Gasteiger partial charge on any atom is -0.497 e. The van der Waals surface area contributed by atoms with Crippen LogP contribution in [-0.2, 0) is 9.59 Å². The Bertz CT molecular complexity index is 704. The molecule has 0 aliphatic heterocycles. The summed E-state index contributed by atoms with van der Waals surface area (Å²) in [6, 6.07) is 14.1. The van der Waals surface area contributed by atoms with Crippen molar-refractivity contribution >= 4 is 33.4 Å². The molecule has 2 N–H and O–H groups in total. The Labute approximate surface area is 148 Å². The second kappa shape index (κ2) is 8.93. The highest BCUT2D eigenvalue weighted by Crippen LogP contribution is 2.17. The molecule has 0 bridgehead atoms. The Balaban J connectivity index is 1.71. The second-order valence-electron chi connectivity index (χ2n) is 4.80. The molecule has 0 aliphatic rings. The molecule has 0 aliphatic carbocycles. The van der Waals surface area contributed by atoms with Gasteiger partial charge in [-0.1, -0.05) is 22.0 Å². The molecule has 0 heterocycles. The van der Waals surface area contributed by atoms with E-state index in [0.29, 0.717) is 17.2 Å². The zero-order chi connectivity index (χ0) is 17.4. The number of carbonyl (C=O) groups is 2. The molecule has 2 aromatic carbocycles. The average Bonchev–Trinajstić information content (AvgIpc) is 2.58. The first-order valence-electron chi connectivity index (χ1n) is 7.16. The minimum atomic E-state index is -0.379. The molecule has 0 fully saturated rings. The van der Waals surface area contributed by atoms with Gasteiger partial charge >= 0.3 is 0 Å². The molecule has 0 spiro atoms. The van der Waals surface area contributed by atoms with Crippen LogP contribution >= 0.6 is 15.9 Å². The molecule has 0 saturated heterocycles. The number of rotatable bonds is 7. The van der Waals surface area contributed by atoms with E-state index >= 15 is 0 Å². The van der Waals surface area contributed by atoms with Crippen LogP contribution in [0.3, 0.4) is 0 Å². The van der Waals surface area contributed by atoms with E-state index in [1.54, 1.807) is 49.6 Å². The van der Waals surface area contributed by atoms with Crippen LogP contribution in [0, 0.1) is 0 Å². The molecule has 0 unspecified atom stereocenters. The minimum absolute atomic E-state index is 0.128. The third-order valence-electron chi connectivity index (χ3n) is 2.98. The van der Waals surface area contributed by atoms with Crippen LogP contribution in [0.15, 0.2) is 53.0 Å². The molecule has 0 radical (unpaired) electrons. The van der Waals surface area contributed by atoms with Gasteiger partial charge in [-0.25, -0.2) is 0 Å². The van der Waals surface area contributed by atoms with Gasteiger partial charge in [0.15, 0.2) is 6.61 Å². The van der Waals surface area contributed by atoms with Gasteiger partial charge in [-0.2, -0.15) is 0 Å². The van der Waals surface area contributed by atoms with Gasteiger partial charge in [0.25, 0.3) is 5.91 Å². The van der Waals surface area contributed by atoms with E-state index < -0.39 is 0 Å². The van der Waals surface area contributed by atoms with E-state index in [0.717, 1.165) is 4.47 Å². The highest BCUT2D eigenvalue weighted by molar-refractivity contribution is 9.10. The second-order valence-corrected chi connectivity index (χ2v) is 5.72. The molecular weight excluding hydrogens is 376 g/mol. The fourth-order valence-corrected chi connectivity index (χ4v) is 2.22. The molecule has 0 saturated carbocycles. The van der Waals surface area contributed by atoms with Crippen molar-refractivity contribution in [2.24, 2.45) is 0 Å². The lowest BCUT2D eigenvalue weighted by Crippen LogP contribution is -2.35. The van der Waals surface area contributed by atoms with Gasteiger partial charge in [-0.15, -0.1) is 0 Å². The molecular formula is C17H17BrN2O4. The summed E-state index contributed by atoms with van der Waals surface area (Å²) < 4.78 is 11.2. The third-order valence-corrected chi connectivity index (χ3v) is 3.48. The number of hydrogen-bond acceptors (Lipinski definition) is 4. The number of benzene rings is 2. The molecule has 126 valence electrons. The number of halogens is 1. The fourth-order valence-electron chi connectivity index (χ4n) is 1.82. The number of nitrogens with one attached hydrogen (secondary N) is 2. The van der Waals surface area contributed by atoms with E-state index in [9.17, 15) is 9.59 Å². The van der Waals surface area contributed by atoms with E-state index in [1.165, 1.54) is 0 Å². The largest absolute Gasteiger partial charge is 0.497 e. The van der Waals surface area contributed by atoms with Gasteiger partial charge < -0.3 is 20.1 Å². The van der Waals surface area contributed by atoms with Gasteiger partial charge in [0.2, 0.25) is 5.91 Å². The zero-order valence-electron chi connectivity index (χ0n) is 13.0. The van der Waals surface area contributed by atoms with Crippen LogP contribution in [-0.4, -0.2) is 32.1 Å². The molecule has 2 rings (SSSR count). The Morgan fingerprint density at radius 1 is 1.04 bits per heavy atom. The van der Waals surface area contributed by atoms with Gasteiger partial charge in [0.1, 0.15) is 11.5 Å². The SMILES string of the molecule is COc1ccc(OCC(=O)NCC(=O)Nc2cccc(Br)c2)cc1. The van der Waals surface area contributed by atoms with Crippen molar-refractivity contribution in [3.05, 3.63) is 53.0 Å². The number of methoxy groups -OCH3 is 1. The summed E-state index contributed by atoms with van der Waals surface area (Å²) in [6.07, 6.45) is 0. The Hall–Kier alpha value is -2.54. The molecule has 2 aromatic rings. The Kier molecular flexibility index (Phi) is 6.62. The third kappa shape index (κ3) is 5.92. The summed E-state index contributed by atoms with van der Waals surface area (Å²) in [6.45, 7) is -0.298. The first-order valence-corrected chi connectivity index (χ1v) is 7.95. The average molecular weight is 393 g/mol. The highest BCUT2D eigenvalue weighted by atomic mass is 79.9. The number of hydrogen-bond donors (Lipinski definition) is 2. The van der Waals surface area contributed by atoms with Crippen molar-refractivity contribution in [2.75, 3.05) is 25.6 Å². The number of anilines is 1. The summed E-state index contributed by atoms with van der Waals surface area (Å²) in [5, 5.41) is 5.18. The summed E-state index contributed by atoms with van der Waals surface area (Å²) in [7, 11) is 1.57. The summed E-state index contributed by atoms with van der Waals surface area (Å²) in [5.41, 5.74) is 0.651. The molecule has 7 heteroatoms. The normalized spacial score (nSPS) is 9.92. The maximum atomic E-state index is 11.8. The predicted octanol–water partition coefficient (Wildman–Crippen LogP) is 2.59. The van der Waals surface area contributed by atoms with Crippen LogP contribution in [0.25, 0.3) is 0 Å². The van der Waals surface area contributed by atoms with Crippen LogP contribution in [0.1, 0.15) is 0 Å². The Morgan fingerprint density at radius 2 is 1.75 bits per heavy atom.